The summed E-state index contributed by atoms with van der Waals surface area (Å²) in [6.45, 7) is -3.17. The molecule has 1 heterocycles. The van der Waals surface area contributed by atoms with Crippen LogP contribution in [0.2, 0.25) is 0 Å². The molecular formula is C21H21F2N3O6S. The van der Waals surface area contributed by atoms with Gasteiger partial charge in [-0.15, -0.1) is 11.8 Å². The molecule has 0 radical (unpaired) electrons. The van der Waals surface area contributed by atoms with Crippen LogP contribution in [-0.4, -0.2) is 51.5 Å². The molecule has 0 spiro atoms. The van der Waals surface area contributed by atoms with Gasteiger partial charge in [-0.1, -0.05) is 30.3 Å². The van der Waals surface area contributed by atoms with E-state index in [0.29, 0.717) is 23.5 Å². The molecule has 1 aromatic carbocycles. The van der Waals surface area contributed by atoms with Crippen molar-refractivity contribution >= 4 is 23.7 Å². The van der Waals surface area contributed by atoms with Crippen molar-refractivity contribution in [2.75, 3.05) is 6.61 Å². The molecule has 0 fully saturated rings. The highest BCUT2D eigenvalue weighted by Gasteiger charge is 2.20. The second-order valence-electron chi connectivity index (χ2n) is 6.21. The Morgan fingerprint density at radius 1 is 1.21 bits per heavy atom. The number of alkyl halides is 2. The molecule has 2 aromatic rings. The van der Waals surface area contributed by atoms with Crippen molar-refractivity contribution in [3.05, 3.63) is 65.9 Å². The second kappa shape index (κ2) is 14.5. The monoisotopic (exact) mass is 481 g/mol. The molecule has 0 saturated carbocycles. The number of aliphatic hydroxyl groups excluding tert-OH is 1. The number of nitriles is 1. The van der Waals surface area contributed by atoms with Crippen LogP contribution in [0.5, 0.6) is 5.88 Å². The number of nitrogens with two attached hydrogens (primary N) is 1. The molecule has 1 aromatic heterocycles. The minimum absolute atomic E-state index is 0.169. The highest BCUT2D eigenvalue weighted by Crippen LogP contribution is 2.40. The maximum absolute atomic E-state index is 12.4. The number of thioether (sulfide) groups is 1. The number of pyridine rings is 1. The second-order valence-corrected chi connectivity index (χ2v) is 7.46. The number of halogens is 2. The molecule has 0 aliphatic carbocycles. The maximum atomic E-state index is 12.4. The Labute approximate surface area is 192 Å². The van der Waals surface area contributed by atoms with E-state index in [2.05, 4.69) is 9.72 Å². The van der Waals surface area contributed by atoms with Crippen LogP contribution in [0.15, 0.2) is 59.6 Å². The molecule has 5 N–H and O–H groups in total. The number of nitrogens with zero attached hydrogens (tertiary/aromatic N) is 2. The molecule has 12 heteroatoms. The predicted octanol–water partition coefficient (Wildman–Crippen LogP) is 2.81. The number of carboxylic acid groups (broad SMARTS) is 2. The molecule has 2 rings (SSSR count). The largest absolute Gasteiger partial charge is 0.478 e. The van der Waals surface area contributed by atoms with E-state index in [0.717, 1.165) is 5.56 Å². The standard InChI is InChI=1S/C17H17F2N3O2S.C4H4O4/c18-17(19)24-16-7-15(12(8-20)9-22-16)25-14(6-13(21)10-23)11-4-2-1-3-5-11;5-3(6)1-2-4(7)8/h1-5,7,9,13-14,17,23H,6,10,21H2;1-2H,(H,5,6)(H,7,8)/b;2-1+/t13-,14+;/m0./s1. The number of hydrogen-bond donors (Lipinski definition) is 4. The van der Waals surface area contributed by atoms with Crippen LogP contribution >= 0.6 is 11.8 Å². The van der Waals surface area contributed by atoms with E-state index in [4.69, 9.17) is 15.9 Å². The number of aliphatic hydroxyl groups is 1. The SMILES string of the molecule is N#Cc1cnc(OC(F)F)cc1S[C@H](C[C@H](N)CO)c1ccccc1.O=C(O)/C=C/C(=O)O. The van der Waals surface area contributed by atoms with Gasteiger partial charge in [-0.2, -0.15) is 14.0 Å². The van der Waals surface area contributed by atoms with Crippen LogP contribution in [0.3, 0.4) is 0 Å². The molecule has 9 nitrogen and oxygen atoms in total. The van der Waals surface area contributed by atoms with Crippen molar-refractivity contribution in [2.24, 2.45) is 5.73 Å². The Kier molecular flexibility index (Phi) is 12.1. The fraction of sp³-hybridized carbons (Fsp3) is 0.238. The summed E-state index contributed by atoms with van der Waals surface area (Å²) in [4.78, 5) is 23.3. The van der Waals surface area contributed by atoms with Crippen LogP contribution in [-0.2, 0) is 9.59 Å². The van der Waals surface area contributed by atoms with E-state index in [9.17, 15) is 28.7 Å². The van der Waals surface area contributed by atoms with Gasteiger partial charge in [0.15, 0.2) is 0 Å². The Balaban J connectivity index is 0.000000582. The van der Waals surface area contributed by atoms with Gasteiger partial charge in [0.25, 0.3) is 0 Å². The zero-order chi connectivity index (χ0) is 24.8. The first-order valence-electron chi connectivity index (χ1n) is 9.23. The van der Waals surface area contributed by atoms with E-state index in [1.165, 1.54) is 24.0 Å². The number of ether oxygens (including phenoxy) is 1. The van der Waals surface area contributed by atoms with Crippen LogP contribution < -0.4 is 10.5 Å². The third-order valence-electron chi connectivity index (χ3n) is 3.73. The number of hydrogen-bond acceptors (Lipinski definition) is 8. The molecule has 0 aliphatic heterocycles. The van der Waals surface area contributed by atoms with E-state index < -0.39 is 24.6 Å². The van der Waals surface area contributed by atoms with Gasteiger partial charge in [-0.3, -0.25) is 0 Å². The summed E-state index contributed by atoms with van der Waals surface area (Å²) in [6, 6.07) is 12.3. The summed E-state index contributed by atoms with van der Waals surface area (Å²) in [5.74, 6) is -2.77. The van der Waals surface area contributed by atoms with Crippen molar-refractivity contribution < 1.29 is 38.4 Å². The molecular weight excluding hydrogens is 460 g/mol. The summed E-state index contributed by atoms with van der Waals surface area (Å²) in [5.41, 5.74) is 7.07. The van der Waals surface area contributed by atoms with Crippen molar-refractivity contribution in [1.29, 1.82) is 5.26 Å². The summed E-state index contributed by atoms with van der Waals surface area (Å²) in [5, 5.41) is 33.9. The van der Waals surface area contributed by atoms with Gasteiger partial charge in [-0.25, -0.2) is 14.6 Å². The van der Waals surface area contributed by atoms with Crippen LogP contribution in [0.4, 0.5) is 8.78 Å². The Morgan fingerprint density at radius 3 is 2.30 bits per heavy atom. The van der Waals surface area contributed by atoms with Crippen LogP contribution in [0.25, 0.3) is 0 Å². The van der Waals surface area contributed by atoms with E-state index >= 15 is 0 Å². The lowest BCUT2D eigenvalue weighted by molar-refractivity contribution is -0.134. The maximum Gasteiger partial charge on any atom is 0.388 e. The van der Waals surface area contributed by atoms with Gasteiger partial charge in [0.1, 0.15) is 6.07 Å². The number of carboxylic acids is 2. The minimum atomic E-state index is -2.99. The Bertz CT molecular complexity index is 970. The molecule has 0 amide bonds. The van der Waals surface area contributed by atoms with Gasteiger partial charge in [0, 0.05) is 40.6 Å². The lowest BCUT2D eigenvalue weighted by atomic mass is 10.1. The number of rotatable bonds is 10. The normalized spacial score (nSPS) is 12.4. The zero-order valence-electron chi connectivity index (χ0n) is 17.0. The predicted molar refractivity (Wildman–Crippen MR) is 115 cm³/mol. The number of aliphatic carboxylic acids is 2. The average molecular weight is 481 g/mol. The van der Waals surface area contributed by atoms with E-state index in [1.807, 2.05) is 36.4 Å². The van der Waals surface area contributed by atoms with Gasteiger partial charge in [-0.05, 0) is 12.0 Å². The average Bonchev–Trinajstić information content (AvgIpc) is 2.78. The smallest absolute Gasteiger partial charge is 0.388 e. The zero-order valence-corrected chi connectivity index (χ0v) is 17.9. The molecule has 176 valence electrons. The quantitative estimate of drug-likeness (QED) is 0.293. The molecule has 33 heavy (non-hydrogen) atoms. The Morgan fingerprint density at radius 2 is 1.82 bits per heavy atom. The fourth-order valence-electron chi connectivity index (χ4n) is 2.32. The summed E-state index contributed by atoms with van der Waals surface area (Å²) in [7, 11) is 0. The van der Waals surface area contributed by atoms with Crippen LogP contribution in [0, 0.1) is 11.3 Å². The number of carbonyl (C=O) groups is 2. The van der Waals surface area contributed by atoms with Crippen molar-refractivity contribution in [3.8, 4) is 11.9 Å². The fourth-order valence-corrected chi connectivity index (χ4v) is 3.66. The van der Waals surface area contributed by atoms with Gasteiger partial charge in [0.2, 0.25) is 5.88 Å². The lowest BCUT2D eigenvalue weighted by Gasteiger charge is -2.20. The molecule has 0 aliphatic rings. The first-order valence-corrected chi connectivity index (χ1v) is 10.1. The number of benzene rings is 1. The lowest BCUT2D eigenvalue weighted by Crippen LogP contribution is -2.26. The third kappa shape index (κ3) is 11.1. The van der Waals surface area contributed by atoms with E-state index in [1.54, 1.807) is 0 Å². The first kappa shape index (κ1) is 27.5. The van der Waals surface area contributed by atoms with Gasteiger partial charge < -0.3 is 25.8 Å². The van der Waals surface area contributed by atoms with Crippen molar-refractivity contribution in [2.45, 2.75) is 29.2 Å². The summed E-state index contributed by atoms with van der Waals surface area (Å²) >= 11 is 1.30. The summed E-state index contributed by atoms with van der Waals surface area (Å²) in [6.07, 6.45) is 2.77. The molecule has 0 unspecified atom stereocenters. The molecule has 0 bridgehead atoms. The van der Waals surface area contributed by atoms with Gasteiger partial charge >= 0.3 is 18.6 Å². The highest BCUT2D eigenvalue weighted by molar-refractivity contribution is 7.99. The Hall–Kier alpha value is -3.53. The molecule has 0 saturated heterocycles. The van der Waals surface area contributed by atoms with E-state index in [-0.39, 0.29) is 23.3 Å². The summed E-state index contributed by atoms with van der Waals surface area (Å²) < 4.78 is 29.1. The van der Waals surface area contributed by atoms with Crippen LogP contribution in [0.1, 0.15) is 22.8 Å². The van der Waals surface area contributed by atoms with Gasteiger partial charge in [0.05, 0.1) is 12.2 Å². The van der Waals surface area contributed by atoms with Crippen molar-refractivity contribution in [1.82, 2.24) is 4.98 Å². The minimum Gasteiger partial charge on any atom is -0.478 e. The highest BCUT2D eigenvalue weighted by atomic mass is 32.2. The third-order valence-corrected chi connectivity index (χ3v) is 5.07. The first-order chi connectivity index (χ1) is 15.7. The molecule has 2 atom stereocenters. The van der Waals surface area contributed by atoms with Crippen molar-refractivity contribution in [3.63, 3.8) is 0 Å². The topological polar surface area (TPSA) is 167 Å². The number of aromatic nitrogens is 1.